The number of ether oxygens (including phenoxy) is 1. The number of morpholine rings is 1. The number of carbonyl (C=O) groups excluding carboxylic acids is 1. The lowest BCUT2D eigenvalue weighted by molar-refractivity contribution is -0.151. The number of nitrogens with one attached hydrogen (secondary N) is 1. The molecular formula is C14H24N2O4. The molecule has 0 aromatic heterocycles. The fourth-order valence-electron chi connectivity index (χ4n) is 2.90. The zero-order valence-electron chi connectivity index (χ0n) is 12.1. The van der Waals surface area contributed by atoms with Crippen LogP contribution in [-0.2, 0) is 9.53 Å². The van der Waals surface area contributed by atoms with Crippen molar-refractivity contribution in [1.29, 1.82) is 0 Å². The standard InChI is InChI=1S/C14H24N2O4/c1-11-2-4-14(5-3-11,12(17)18)10-15-13(19)16-6-8-20-9-7-16/h11H,2-10H2,1H3,(H,15,19)(H,17,18). The van der Waals surface area contributed by atoms with Gasteiger partial charge in [0.2, 0.25) is 0 Å². The van der Waals surface area contributed by atoms with Gasteiger partial charge in [-0.15, -0.1) is 0 Å². The van der Waals surface area contributed by atoms with Crippen molar-refractivity contribution in [2.24, 2.45) is 11.3 Å². The van der Waals surface area contributed by atoms with Gasteiger partial charge in [-0.25, -0.2) is 4.79 Å². The maximum Gasteiger partial charge on any atom is 0.317 e. The van der Waals surface area contributed by atoms with Crippen molar-refractivity contribution in [3.05, 3.63) is 0 Å². The Morgan fingerprint density at radius 2 is 1.90 bits per heavy atom. The number of carboxylic acids is 1. The molecule has 2 N–H and O–H groups in total. The lowest BCUT2D eigenvalue weighted by Crippen LogP contribution is -2.51. The Morgan fingerprint density at radius 3 is 2.45 bits per heavy atom. The monoisotopic (exact) mass is 284 g/mol. The Kier molecular flexibility index (Phi) is 4.86. The number of rotatable bonds is 3. The van der Waals surface area contributed by atoms with Crippen molar-refractivity contribution in [2.45, 2.75) is 32.6 Å². The van der Waals surface area contributed by atoms with Crippen molar-refractivity contribution in [3.8, 4) is 0 Å². The van der Waals surface area contributed by atoms with Gasteiger partial charge in [-0.2, -0.15) is 0 Å². The highest BCUT2D eigenvalue weighted by molar-refractivity contribution is 5.78. The molecule has 1 aliphatic heterocycles. The van der Waals surface area contributed by atoms with Crippen LogP contribution in [0.15, 0.2) is 0 Å². The van der Waals surface area contributed by atoms with Crippen molar-refractivity contribution in [2.75, 3.05) is 32.8 Å². The van der Waals surface area contributed by atoms with Gasteiger partial charge < -0.3 is 20.1 Å². The SMILES string of the molecule is CC1CCC(CNC(=O)N2CCOCC2)(C(=O)O)CC1. The molecule has 2 rings (SSSR count). The zero-order valence-corrected chi connectivity index (χ0v) is 12.1. The summed E-state index contributed by atoms with van der Waals surface area (Å²) in [5.41, 5.74) is -0.783. The van der Waals surface area contributed by atoms with Crippen LogP contribution in [0.1, 0.15) is 32.6 Å². The van der Waals surface area contributed by atoms with E-state index in [9.17, 15) is 14.7 Å². The molecule has 0 unspecified atom stereocenters. The molecule has 1 heterocycles. The van der Waals surface area contributed by atoms with Crippen LogP contribution in [0.4, 0.5) is 4.79 Å². The lowest BCUT2D eigenvalue weighted by atomic mass is 9.71. The summed E-state index contributed by atoms with van der Waals surface area (Å²) in [5, 5.41) is 12.3. The molecule has 2 amide bonds. The topological polar surface area (TPSA) is 78.9 Å². The molecule has 1 aliphatic carbocycles. The number of nitrogens with zero attached hydrogens (tertiary/aromatic N) is 1. The van der Waals surface area contributed by atoms with Crippen molar-refractivity contribution in [3.63, 3.8) is 0 Å². The maximum absolute atomic E-state index is 12.0. The molecule has 0 aromatic rings. The van der Waals surface area contributed by atoms with Gasteiger partial charge in [-0.05, 0) is 31.6 Å². The van der Waals surface area contributed by atoms with Crippen LogP contribution in [0.3, 0.4) is 0 Å². The summed E-state index contributed by atoms with van der Waals surface area (Å²) >= 11 is 0. The van der Waals surface area contributed by atoms with E-state index in [-0.39, 0.29) is 12.6 Å². The quantitative estimate of drug-likeness (QED) is 0.819. The first-order valence-electron chi connectivity index (χ1n) is 7.37. The van der Waals surface area contributed by atoms with Gasteiger partial charge >= 0.3 is 12.0 Å². The predicted molar refractivity (Wildman–Crippen MR) is 73.5 cm³/mol. The molecule has 0 aromatic carbocycles. The molecule has 20 heavy (non-hydrogen) atoms. The first-order valence-corrected chi connectivity index (χ1v) is 7.37. The number of urea groups is 1. The molecule has 6 heteroatoms. The number of hydrogen-bond donors (Lipinski definition) is 2. The van der Waals surface area contributed by atoms with E-state index in [0.717, 1.165) is 12.8 Å². The highest BCUT2D eigenvalue weighted by Crippen LogP contribution is 2.38. The average molecular weight is 284 g/mol. The summed E-state index contributed by atoms with van der Waals surface area (Å²) in [6, 6.07) is -0.174. The van der Waals surface area contributed by atoms with Gasteiger partial charge in [0.05, 0.1) is 18.6 Å². The fraction of sp³-hybridized carbons (Fsp3) is 0.857. The molecule has 2 fully saturated rings. The summed E-state index contributed by atoms with van der Waals surface area (Å²) in [4.78, 5) is 25.3. The Hall–Kier alpha value is -1.30. The van der Waals surface area contributed by atoms with Gasteiger partial charge in [-0.1, -0.05) is 6.92 Å². The van der Waals surface area contributed by atoms with Gasteiger partial charge in [0.25, 0.3) is 0 Å². The predicted octanol–water partition coefficient (Wildman–Crippen LogP) is 1.31. The van der Waals surface area contributed by atoms with Crippen LogP contribution in [0.25, 0.3) is 0 Å². The summed E-state index contributed by atoms with van der Waals surface area (Å²) in [5.74, 6) is -0.205. The van der Waals surface area contributed by atoms with Gasteiger partial charge in [0.1, 0.15) is 0 Å². The van der Waals surface area contributed by atoms with Crippen LogP contribution in [0, 0.1) is 11.3 Å². The molecule has 114 valence electrons. The summed E-state index contributed by atoms with van der Waals surface area (Å²) in [7, 11) is 0. The molecule has 6 nitrogen and oxygen atoms in total. The molecule has 0 bridgehead atoms. The Bertz CT molecular complexity index is 358. The minimum atomic E-state index is -0.785. The number of aliphatic carboxylic acids is 1. The minimum Gasteiger partial charge on any atom is -0.481 e. The normalized spacial score (nSPS) is 30.9. The third-order valence-corrected chi connectivity index (χ3v) is 4.56. The van der Waals surface area contributed by atoms with Gasteiger partial charge in [0, 0.05) is 19.6 Å². The maximum atomic E-state index is 12.0. The minimum absolute atomic E-state index is 0.174. The molecule has 1 saturated heterocycles. The van der Waals surface area contributed by atoms with Crippen LogP contribution < -0.4 is 5.32 Å². The van der Waals surface area contributed by atoms with E-state index in [0.29, 0.717) is 45.1 Å². The molecule has 0 spiro atoms. The largest absolute Gasteiger partial charge is 0.481 e. The lowest BCUT2D eigenvalue weighted by Gasteiger charge is -2.36. The van der Waals surface area contributed by atoms with E-state index in [2.05, 4.69) is 12.2 Å². The van der Waals surface area contributed by atoms with Crippen LogP contribution in [0.2, 0.25) is 0 Å². The first-order chi connectivity index (χ1) is 9.53. The van der Waals surface area contributed by atoms with E-state index in [1.807, 2.05) is 0 Å². The number of amides is 2. The highest BCUT2D eigenvalue weighted by atomic mass is 16.5. The first kappa shape index (κ1) is 15.1. The van der Waals surface area contributed by atoms with Crippen molar-refractivity contribution < 1.29 is 19.4 Å². The van der Waals surface area contributed by atoms with Gasteiger partial charge in [-0.3, -0.25) is 4.79 Å². The molecular weight excluding hydrogens is 260 g/mol. The Morgan fingerprint density at radius 1 is 1.30 bits per heavy atom. The second-order valence-electron chi connectivity index (χ2n) is 6.03. The third-order valence-electron chi connectivity index (χ3n) is 4.56. The summed E-state index contributed by atoms with van der Waals surface area (Å²) in [6.45, 7) is 4.62. The number of carbonyl (C=O) groups is 2. The van der Waals surface area contributed by atoms with Crippen molar-refractivity contribution in [1.82, 2.24) is 10.2 Å². The second-order valence-corrected chi connectivity index (χ2v) is 6.03. The third kappa shape index (κ3) is 3.42. The number of hydrogen-bond acceptors (Lipinski definition) is 3. The summed E-state index contributed by atoms with van der Waals surface area (Å²) < 4.78 is 5.20. The molecule has 2 aliphatic rings. The van der Waals surface area contributed by atoms with E-state index in [4.69, 9.17) is 4.74 Å². The van der Waals surface area contributed by atoms with Crippen LogP contribution in [-0.4, -0.2) is 54.9 Å². The number of carboxylic acid groups (broad SMARTS) is 1. The summed E-state index contributed by atoms with van der Waals surface area (Å²) in [6.07, 6.45) is 3.12. The van der Waals surface area contributed by atoms with E-state index in [1.165, 1.54) is 0 Å². The van der Waals surface area contributed by atoms with Crippen LogP contribution >= 0.6 is 0 Å². The zero-order chi connectivity index (χ0) is 14.6. The van der Waals surface area contributed by atoms with Gasteiger partial charge in [0.15, 0.2) is 0 Å². The highest BCUT2D eigenvalue weighted by Gasteiger charge is 2.41. The molecule has 0 radical (unpaired) electrons. The van der Waals surface area contributed by atoms with E-state index >= 15 is 0 Å². The fourth-order valence-corrected chi connectivity index (χ4v) is 2.90. The van der Waals surface area contributed by atoms with E-state index < -0.39 is 11.4 Å². The second kappa shape index (κ2) is 6.43. The smallest absolute Gasteiger partial charge is 0.317 e. The molecule has 0 atom stereocenters. The van der Waals surface area contributed by atoms with E-state index in [1.54, 1.807) is 4.90 Å². The van der Waals surface area contributed by atoms with Crippen molar-refractivity contribution >= 4 is 12.0 Å². The Balaban J connectivity index is 1.89. The Labute approximate surface area is 119 Å². The average Bonchev–Trinajstić information content (AvgIpc) is 2.47. The van der Waals surface area contributed by atoms with Crippen LogP contribution in [0.5, 0.6) is 0 Å². The molecule has 1 saturated carbocycles.